The number of benzene rings is 2. The van der Waals surface area contributed by atoms with Crippen LogP contribution in [0.25, 0.3) is 0 Å². The van der Waals surface area contributed by atoms with E-state index in [1.165, 1.54) is 0 Å². The van der Waals surface area contributed by atoms with Crippen molar-refractivity contribution in [3.8, 4) is 0 Å². The van der Waals surface area contributed by atoms with Gasteiger partial charge in [-0.1, -0.05) is 44.0 Å². The Bertz CT molecular complexity index is 980. The molecule has 122 valence electrons. The second-order valence-electron chi connectivity index (χ2n) is 5.44. The Kier molecular flexibility index (Phi) is 4.46. The summed E-state index contributed by atoms with van der Waals surface area (Å²) in [6, 6.07) is 17.8. The zero-order valence-corrected chi connectivity index (χ0v) is 16.1. The molecule has 0 amide bonds. The molecule has 0 atom stereocenters. The topological polar surface area (TPSA) is 49.6 Å². The number of aromatic nitrogens is 1. The molecular weight excluding hydrogens is 444 g/mol. The first-order valence-corrected chi connectivity index (χ1v) is 9.18. The van der Waals surface area contributed by atoms with E-state index in [1.807, 2.05) is 54.6 Å². The minimum atomic E-state index is 0.704. The van der Waals surface area contributed by atoms with E-state index in [4.69, 9.17) is 4.99 Å². The lowest BCUT2D eigenvalue weighted by Crippen LogP contribution is -2.19. The van der Waals surface area contributed by atoms with Crippen LogP contribution in [0.15, 0.2) is 86.0 Å². The number of amidine groups is 1. The quantitative estimate of drug-likeness (QED) is 0.588. The maximum Gasteiger partial charge on any atom is 0.154 e. The predicted octanol–water partition coefficient (Wildman–Crippen LogP) is 5.04. The number of nitrogens with zero attached hydrogens (tertiary/aromatic N) is 3. The molecule has 0 saturated carbocycles. The van der Waals surface area contributed by atoms with Gasteiger partial charge in [0, 0.05) is 38.0 Å². The van der Waals surface area contributed by atoms with Crippen LogP contribution in [0, 0.1) is 0 Å². The van der Waals surface area contributed by atoms with Gasteiger partial charge < -0.3 is 0 Å². The molecule has 4 rings (SSSR count). The van der Waals surface area contributed by atoms with Gasteiger partial charge in [0.25, 0.3) is 0 Å². The molecule has 6 heteroatoms. The fourth-order valence-corrected chi connectivity index (χ4v) is 3.20. The normalized spacial score (nSPS) is 13.2. The fraction of sp³-hybridized carbons (Fsp3) is 0. The van der Waals surface area contributed by atoms with Crippen LogP contribution in [0.3, 0.4) is 0 Å². The third-order valence-corrected chi connectivity index (χ3v) is 4.79. The lowest BCUT2D eigenvalue weighted by molar-refractivity contribution is 1.03. The van der Waals surface area contributed by atoms with Crippen LogP contribution in [-0.4, -0.2) is 16.5 Å². The molecule has 2 heterocycles. The maximum atomic E-state index is 4.79. The number of fused-ring (bicyclic) bond motifs is 1. The standard InChI is InChI=1S/C19H12Br2N4/c20-14-5-3-12(4-6-14)19-23-17-8-7-15(21)10-16(17)18(24-25-19)13-2-1-9-22-11-13/h1-11H,(H,23,25). The number of aliphatic imine (C=N–C) groups is 1. The number of nitrogens with one attached hydrogen (secondary N) is 1. The van der Waals surface area contributed by atoms with Crippen LogP contribution < -0.4 is 5.43 Å². The van der Waals surface area contributed by atoms with Crippen molar-refractivity contribution in [3.05, 3.63) is 92.6 Å². The summed E-state index contributed by atoms with van der Waals surface area (Å²) in [4.78, 5) is 9.00. The van der Waals surface area contributed by atoms with Crippen molar-refractivity contribution in [1.29, 1.82) is 0 Å². The lowest BCUT2D eigenvalue weighted by Gasteiger charge is -2.07. The highest BCUT2D eigenvalue weighted by molar-refractivity contribution is 9.10. The largest absolute Gasteiger partial charge is 0.264 e. The van der Waals surface area contributed by atoms with Gasteiger partial charge in [-0.15, -0.1) is 0 Å². The van der Waals surface area contributed by atoms with Crippen molar-refractivity contribution < 1.29 is 0 Å². The average molecular weight is 456 g/mol. The minimum absolute atomic E-state index is 0.704. The van der Waals surface area contributed by atoms with Gasteiger partial charge in [0.1, 0.15) is 5.71 Å². The van der Waals surface area contributed by atoms with Crippen LogP contribution >= 0.6 is 31.9 Å². The minimum Gasteiger partial charge on any atom is -0.264 e. The van der Waals surface area contributed by atoms with Crippen LogP contribution in [0.4, 0.5) is 5.69 Å². The zero-order valence-electron chi connectivity index (χ0n) is 12.9. The Morgan fingerprint density at radius 3 is 2.40 bits per heavy atom. The maximum absolute atomic E-state index is 4.79. The van der Waals surface area contributed by atoms with E-state index in [1.54, 1.807) is 12.4 Å². The van der Waals surface area contributed by atoms with Gasteiger partial charge in [-0.05, 0) is 42.5 Å². The summed E-state index contributed by atoms with van der Waals surface area (Å²) >= 11 is 7.00. The van der Waals surface area contributed by atoms with Crippen molar-refractivity contribution in [1.82, 2.24) is 10.4 Å². The van der Waals surface area contributed by atoms with Crippen molar-refractivity contribution in [2.45, 2.75) is 0 Å². The van der Waals surface area contributed by atoms with Crippen LogP contribution in [-0.2, 0) is 0 Å². The number of hydrogen-bond acceptors (Lipinski definition) is 4. The third-order valence-electron chi connectivity index (χ3n) is 3.77. The molecule has 0 radical (unpaired) electrons. The van der Waals surface area contributed by atoms with Gasteiger partial charge in [0.15, 0.2) is 5.84 Å². The van der Waals surface area contributed by atoms with Crippen LogP contribution in [0.1, 0.15) is 16.7 Å². The van der Waals surface area contributed by atoms with E-state index in [0.29, 0.717) is 5.84 Å². The van der Waals surface area contributed by atoms with E-state index >= 15 is 0 Å². The summed E-state index contributed by atoms with van der Waals surface area (Å²) in [5.74, 6) is 0.704. The van der Waals surface area contributed by atoms with Gasteiger partial charge in [0.05, 0.1) is 5.69 Å². The first kappa shape index (κ1) is 16.2. The average Bonchev–Trinajstić information content (AvgIpc) is 2.82. The monoisotopic (exact) mass is 454 g/mol. The van der Waals surface area contributed by atoms with Crippen molar-refractivity contribution >= 4 is 49.1 Å². The highest BCUT2D eigenvalue weighted by Crippen LogP contribution is 2.28. The fourth-order valence-electron chi connectivity index (χ4n) is 2.57. The molecule has 0 aliphatic carbocycles. The number of hydrogen-bond donors (Lipinski definition) is 1. The van der Waals surface area contributed by atoms with Gasteiger partial charge in [-0.2, -0.15) is 5.10 Å². The second kappa shape index (κ2) is 6.90. The molecular formula is C19H12Br2N4. The summed E-state index contributed by atoms with van der Waals surface area (Å²) in [6.07, 6.45) is 3.55. The molecule has 2 aromatic carbocycles. The van der Waals surface area contributed by atoms with Crippen LogP contribution in [0.5, 0.6) is 0 Å². The van der Waals surface area contributed by atoms with Gasteiger partial charge in [-0.25, -0.2) is 4.99 Å². The molecule has 3 aromatic rings. The molecule has 0 saturated heterocycles. The highest BCUT2D eigenvalue weighted by atomic mass is 79.9. The Balaban J connectivity index is 1.87. The summed E-state index contributed by atoms with van der Waals surface area (Å²) in [5, 5.41) is 4.62. The number of rotatable bonds is 2. The van der Waals surface area contributed by atoms with Gasteiger partial charge in [-0.3, -0.25) is 10.4 Å². The molecule has 4 nitrogen and oxygen atoms in total. The predicted molar refractivity (Wildman–Crippen MR) is 107 cm³/mol. The molecule has 0 bridgehead atoms. The third kappa shape index (κ3) is 3.41. The molecule has 0 fully saturated rings. The molecule has 25 heavy (non-hydrogen) atoms. The van der Waals surface area contributed by atoms with Crippen molar-refractivity contribution in [2.24, 2.45) is 10.1 Å². The van der Waals surface area contributed by atoms with E-state index in [2.05, 4.69) is 47.4 Å². The molecule has 1 aromatic heterocycles. The highest BCUT2D eigenvalue weighted by Gasteiger charge is 2.17. The Morgan fingerprint density at radius 1 is 0.840 bits per heavy atom. The molecule has 1 N–H and O–H groups in total. The summed E-state index contributed by atoms with van der Waals surface area (Å²) in [5.41, 5.74) is 7.62. The Morgan fingerprint density at radius 2 is 1.64 bits per heavy atom. The van der Waals surface area contributed by atoms with Gasteiger partial charge >= 0.3 is 0 Å². The van der Waals surface area contributed by atoms with E-state index < -0.39 is 0 Å². The number of pyridine rings is 1. The van der Waals surface area contributed by atoms with E-state index in [0.717, 1.165) is 37.0 Å². The first-order chi connectivity index (χ1) is 12.2. The SMILES string of the molecule is Brc1ccc(C2=Nc3ccc(Br)cc3C(c3cccnc3)=NN2)cc1. The Hall–Kier alpha value is -2.31. The number of halogens is 2. The van der Waals surface area contributed by atoms with Crippen molar-refractivity contribution in [2.75, 3.05) is 0 Å². The summed E-state index contributed by atoms with van der Waals surface area (Å²) < 4.78 is 2.00. The van der Waals surface area contributed by atoms with Crippen LogP contribution in [0.2, 0.25) is 0 Å². The zero-order chi connectivity index (χ0) is 17.2. The first-order valence-electron chi connectivity index (χ1n) is 7.59. The van der Waals surface area contributed by atoms with Gasteiger partial charge in [0.2, 0.25) is 0 Å². The molecule has 1 aliphatic heterocycles. The van der Waals surface area contributed by atoms with E-state index in [-0.39, 0.29) is 0 Å². The molecule has 1 aliphatic rings. The summed E-state index contributed by atoms with van der Waals surface area (Å²) in [7, 11) is 0. The Labute approximate surface area is 162 Å². The van der Waals surface area contributed by atoms with Crippen molar-refractivity contribution in [3.63, 3.8) is 0 Å². The lowest BCUT2D eigenvalue weighted by atomic mass is 10.0. The summed E-state index contributed by atoms with van der Waals surface area (Å²) in [6.45, 7) is 0. The molecule has 0 spiro atoms. The smallest absolute Gasteiger partial charge is 0.154 e. The van der Waals surface area contributed by atoms with E-state index in [9.17, 15) is 0 Å². The number of hydrazone groups is 1. The molecule has 0 unspecified atom stereocenters. The second-order valence-corrected chi connectivity index (χ2v) is 7.27.